The predicted molar refractivity (Wildman–Crippen MR) is 223 cm³/mol. The van der Waals surface area contributed by atoms with Crippen LogP contribution < -0.4 is 27.8 Å². The molecule has 0 aliphatic heterocycles. The fraction of sp³-hybridized carbons (Fsp3) is 0.743. The van der Waals surface area contributed by atoms with E-state index in [2.05, 4.69) is 10.6 Å². The van der Waals surface area contributed by atoms with E-state index in [4.69, 9.17) is 67.2 Å². The summed E-state index contributed by atoms with van der Waals surface area (Å²) in [5, 5.41) is 56.0. The molecule has 370 valence electrons. The van der Waals surface area contributed by atoms with E-state index in [0.29, 0.717) is 45.1 Å². The molecule has 0 radical (unpaired) electrons. The minimum atomic E-state index is -4.19. The van der Waals surface area contributed by atoms with Gasteiger partial charge in [0.15, 0.2) is 0 Å². The maximum atomic E-state index is 11.6. The van der Waals surface area contributed by atoms with E-state index in [1.165, 1.54) is 0 Å². The van der Waals surface area contributed by atoms with E-state index in [1.807, 2.05) is 6.92 Å². The molecule has 26 nitrogen and oxygen atoms in total. The summed E-state index contributed by atoms with van der Waals surface area (Å²) >= 11 is 0. The van der Waals surface area contributed by atoms with E-state index < -0.39 is 99.1 Å². The summed E-state index contributed by atoms with van der Waals surface area (Å²) in [5.74, 6) is -9.11. The highest BCUT2D eigenvalue weighted by Crippen LogP contribution is 2.43. The summed E-state index contributed by atoms with van der Waals surface area (Å²) in [7, 11) is -7.50. The fourth-order valence-electron chi connectivity index (χ4n) is 4.42. The molecule has 63 heavy (non-hydrogen) atoms. The molecule has 0 aromatic rings. The van der Waals surface area contributed by atoms with Gasteiger partial charge in [0.05, 0.1) is 36.9 Å². The molecule has 0 aliphatic carbocycles. The molecule has 0 heterocycles. The van der Waals surface area contributed by atoms with Crippen LogP contribution in [0.5, 0.6) is 0 Å². The zero-order valence-corrected chi connectivity index (χ0v) is 36.9. The predicted octanol–water partition coefficient (Wildman–Crippen LogP) is 0.140. The maximum absolute atomic E-state index is 11.6. The monoisotopic (exact) mass is 957 g/mol. The molecule has 5 unspecified atom stereocenters. The first-order chi connectivity index (χ1) is 28.4. The van der Waals surface area contributed by atoms with Gasteiger partial charge in [-0.1, -0.05) is 34.1 Å². The summed E-state index contributed by atoms with van der Waals surface area (Å²) < 4.78 is 22.1. The minimum absolute atomic E-state index is 0. The largest absolute Gasteiger partial charge is 0.481 e. The number of amides is 2. The Morgan fingerprint density at radius 1 is 0.619 bits per heavy atom. The number of carboxylic acid groups (broad SMARTS) is 6. The van der Waals surface area contributed by atoms with Gasteiger partial charge in [-0.15, -0.1) is 0 Å². The van der Waals surface area contributed by atoms with Crippen LogP contribution in [0.15, 0.2) is 0 Å². The lowest BCUT2D eigenvalue weighted by Gasteiger charge is -2.16. The zero-order chi connectivity index (χ0) is 49.8. The van der Waals surface area contributed by atoms with Crippen molar-refractivity contribution < 1.29 is 102 Å². The Hall–Kier alpha value is -4.64. The minimum Gasteiger partial charge on any atom is -0.481 e. The first-order valence-electron chi connectivity index (χ1n) is 18.9. The Kier molecular flexibility index (Phi) is 44.6. The third-order valence-corrected chi connectivity index (χ3v) is 10.4. The van der Waals surface area contributed by atoms with Crippen molar-refractivity contribution in [3.05, 3.63) is 0 Å². The van der Waals surface area contributed by atoms with Gasteiger partial charge >= 0.3 is 49.6 Å². The van der Waals surface area contributed by atoms with Crippen LogP contribution >= 0.6 is 15.0 Å². The average Bonchev–Trinajstić information content (AvgIpc) is 3.12. The number of carbonyl (C=O) groups excluding carboxylic acids is 4. The van der Waals surface area contributed by atoms with Crippen molar-refractivity contribution in [3.63, 3.8) is 0 Å². The smallest absolute Gasteiger partial charge is 0.373 e. The second-order valence-electron chi connectivity index (χ2n) is 13.6. The van der Waals surface area contributed by atoms with Crippen molar-refractivity contribution in [1.29, 1.82) is 0 Å². The van der Waals surface area contributed by atoms with Gasteiger partial charge in [0.1, 0.15) is 6.04 Å². The van der Waals surface area contributed by atoms with Crippen LogP contribution in [-0.4, -0.2) is 148 Å². The molecule has 7 atom stereocenters. The van der Waals surface area contributed by atoms with Crippen LogP contribution in [0.4, 0.5) is 0 Å². The standard InChI is InChI=1S/2C9H16N2O5.C9H20NO4P.C6H13O5P.CO2.CH4/c1-5(2-3-8(13)14)11-7(12)4-6(10)9(15)16;1-5(2-3-7(12)13)11-9(16)6(10)4-8(14)15;1-2-4-8(9(11)12)7-15(13,14)6-3-5-10;1-2-3-5(6(7)8)4-12(9,10)11;2-1-3;/h5-6H,2-4,10H2,1H3,(H,11,12)(H,13,14)(H,15,16);5-6H,2-4,10H2,1H3,(H,11,16)(H,12,13)(H,14,15);8H,2-7,10H2,1H3,(H,11,12)(H,13,14);5H,2-4H2,1H3,(H,7,8)(H2,9,10,11);;1H4/t2*5?,6-;;;;/m00..../s1. The Balaban J connectivity index is -0.000000168. The second kappa shape index (κ2) is 40.2. The molecule has 0 fully saturated rings. The summed E-state index contributed by atoms with van der Waals surface area (Å²) in [6, 6.07) is -3.00. The van der Waals surface area contributed by atoms with Crippen molar-refractivity contribution in [2.45, 2.75) is 130 Å². The van der Waals surface area contributed by atoms with Gasteiger partial charge in [-0.05, 0) is 52.5 Å². The van der Waals surface area contributed by atoms with Crippen molar-refractivity contribution in [2.24, 2.45) is 29.0 Å². The second-order valence-corrected chi connectivity index (χ2v) is 17.8. The van der Waals surface area contributed by atoms with E-state index in [1.54, 1.807) is 20.8 Å². The van der Waals surface area contributed by atoms with Gasteiger partial charge in [0.2, 0.25) is 19.2 Å². The lowest BCUT2D eigenvalue weighted by atomic mass is 10.1. The van der Waals surface area contributed by atoms with Crippen molar-refractivity contribution in [1.82, 2.24) is 10.6 Å². The van der Waals surface area contributed by atoms with Crippen molar-refractivity contribution in [2.75, 3.05) is 25.0 Å². The van der Waals surface area contributed by atoms with E-state index >= 15 is 0 Å². The normalized spacial score (nSPS) is 13.9. The summed E-state index contributed by atoms with van der Waals surface area (Å²) in [6.07, 6.45) is 1.92. The van der Waals surface area contributed by atoms with Crippen LogP contribution in [0.3, 0.4) is 0 Å². The lowest BCUT2D eigenvalue weighted by Crippen LogP contribution is -2.45. The Labute approximate surface area is 365 Å². The molecule has 0 aromatic carbocycles. The van der Waals surface area contributed by atoms with Crippen LogP contribution in [-0.2, 0) is 57.1 Å². The first kappa shape index (κ1) is 70.0. The number of aliphatic carboxylic acids is 6. The fourth-order valence-corrected chi connectivity index (χ4v) is 7.22. The van der Waals surface area contributed by atoms with Crippen LogP contribution in [0.25, 0.3) is 0 Å². The number of carboxylic acids is 6. The molecular weight excluding hydrogens is 888 g/mol. The number of rotatable bonds is 27. The molecular formula is C35H69N5O21P2. The highest BCUT2D eigenvalue weighted by molar-refractivity contribution is 7.58. The number of hydrogen-bond acceptors (Lipinski definition) is 15. The molecule has 17 N–H and O–H groups in total. The molecule has 0 saturated heterocycles. The van der Waals surface area contributed by atoms with E-state index in [9.17, 15) is 52.4 Å². The van der Waals surface area contributed by atoms with Crippen LogP contribution in [0, 0.1) is 11.8 Å². The van der Waals surface area contributed by atoms with Gasteiger partial charge < -0.3 is 73.2 Å². The quantitative estimate of drug-likeness (QED) is 0.0487. The Morgan fingerprint density at radius 3 is 1.33 bits per heavy atom. The summed E-state index contributed by atoms with van der Waals surface area (Å²) in [6.45, 7) is 7.27. The first-order valence-corrected chi connectivity index (χ1v) is 22.7. The van der Waals surface area contributed by atoms with E-state index in [-0.39, 0.29) is 63.7 Å². The Morgan fingerprint density at radius 2 is 1.02 bits per heavy atom. The molecule has 0 aliphatic rings. The van der Waals surface area contributed by atoms with Gasteiger partial charge in [-0.2, -0.15) is 9.59 Å². The van der Waals surface area contributed by atoms with Gasteiger partial charge in [-0.25, -0.2) is 0 Å². The Bertz CT molecular complexity index is 1510. The van der Waals surface area contributed by atoms with E-state index in [0.717, 1.165) is 0 Å². The third kappa shape index (κ3) is 51.6. The number of nitrogens with one attached hydrogen (secondary N) is 2. The average molecular weight is 958 g/mol. The summed E-state index contributed by atoms with van der Waals surface area (Å²) in [4.78, 5) is 128. The third-order valence-electron chi connectivity index (χ3n) is 7.48. The molecule has 2 amide bonds. The van der Waals surface area contributed by atoms with Crippen LogP contribution in [0.2, 0.25) is 0 Å². The molecule has 0 spiro atoms. The molecule has 0 saturated carbocycles. The molecule has 0 rings (SSSR count). The van der Waals surface area contributed by atoms with Gasteiger partial charge in [0.25, 0.3) is 0 Å². The number of hydrogen-bond donors (Lipinski definition) is 14. The van der Waals surface area contributed by atoms with Crippen LogP contribution in [0.1, 0.15) is 106 Å². The number of carbonyl (C=O) groups is 8. The molecule has 0 aromatic heterocycles. The maximum Gasteiger partial charge on any atom is 0.373 e. The topological polar surface area (TPSA) is 489 Å². The number of nitrogens with two attached hydrogens (primary N) is 3. The molecule has 28 heteroatoms. The van der Waals surface area contributed by atoms with Gasteiger partial charge in [0, 0.05) is 37.2 Å². The lowest BCUT2D eigenvalue weighted by molar-refractivity contribution is -0.192. The van der Waals surface area contributed by atoms with Gasteiger partial charge in [-0.3, -0.25) is 47.5 Å². The highest BCUT2D eigenvalue weighted by atomic mass is 31.2. The highest BCUT2D eigenvalue weighted by Gasteiger charge is 2.28. The molecule has 0 bridgehead atoms. The SMILES string of the molecule is C.CC(CCC(=O)O)NC(=O)C[C@H](N)C(=O)O.CC(CCC(=O)O)NC(=O)[C@@H](N)CC(=O)O.CCCC(CP(=O)(O)CCCN)C(=O)O.CCCC(CP(=O)(O)O)C(=O)O.O=C=O. The summed E-state index contributed by atoms with van der Waals surface area (Å²) in [5.41, 5.74) is 15.7. The van der Waals surface area contributed by atoms with Crippen molar-refractivity contribution >= 4 is 68.7 Å². The van der Waals surface area contributed by atoms with Crippen molar-refractivity contribution in [3.8, 4) is 0 Å². The zero-order valence-electron chi connectivity index (χ0n) is 35.1.